The van der Waals surface area contributed by atoms with Crippen molar-refractivity contribution in [3.05, 3.63) is 60.6 Å². The van der Waals surface area contributed by atoms with Gasteiger partial charge in [0, 0.05) is 30.3 Å². The van der Waals surface area contributed by atoms with E-state index in [9.17, 15) is 14.4 Å². The number of H-pyrrole nitrogens is 2. The highest BCUT2D eigenvalue weighted by atomic mass is 35.5. The van der Waals surface area contributed by atoms with Crippen LogP contribution < -0.4 is 11.1 Å². The van der Waals surface area contributed by atoms with E-state index >= 15 is 0 Å². The Hall–Kier alpha value is -2.41. The highest BCUT2D eigenvalue weighted by Crippen LogP contribution is 2.44. The van der Waals surface area contributed by atoms with Crippen molar-refractivity contribution in [3.63, 3.8) is 0 Å². The minimum atomic E-state index is -0.407. The molecule has 2 N–H and O–H groups in total. The van der Waals surface area contributed by atoms with Crippen molar-refractivity contribution in [2.75, 3.05) is 13.1 Å². The fourth-order valence-electron chi connectivity index (χ4n) is 4.15. The van der Waals surface area contributed by atoms with Gasteiger partial charge in [0.15, 0.2) is 0 Å². The number of carbonyl (C=O) groups is 1. The van der Waals surface area contributed by atoms with Crippen LogP contribution in [0.2, 0.25) is 5.02 Å². The van der Waals surface area contributed by atoms with E-state index in [1.807, 2.05) is 0 Å². The zero-order valence-electron chi connectivity index (χ0n) is 14.4. The van der Waals surface area contributed by atoms with Gasteiger partial charge in [-0.1, -0.05) is 11.6 Å². The number of aryl methyl sites for hydroxylation is 1. The number of halogens is 1. The molecule has 7 nitrogen and oxygen atoms in total. The summed E-state index contributed by atoms with van der Waals surface area (Å²) >= 11 is 5.83. The predicted molar refractivity (Wildman–Crippen MR) is 96.8 cm³/mol. The Morgan fingerprint density at radius 3 is 2.65 bits per heavy atom. The Labute approximate surface area is 154 Å². The van der Waals surface area contributed by atoms with Crippen LogP contribution in [0, 0.1) is 6.92 Å². The van der Waals surface area contributed by atoms with E-state index in [1.54, 1.807) is 11.8 Å². The van der Waals surface area contributed by atoms with Gasteiger partial charge >= 0.3 is 0 Å². The number of rotatable bonds is 1. The molecule has 1 aliphatic carbocycles. The van der Waals surface area contributed by atoms with Gasteiger partial charge in [0.1, 0.15) is 10.8 Å². The van der Waals surface area contributed by atoms with Gasteiger partial charge in [-0.25, -0.2) is 4.98 Å². The molecule has 2 aromatic rings. The van der Waals surface area contributed by atoms with Crippen LogP contribution in [-0.2, 0) is 11.8 Å². The van der Waals surface area contributed by atoms with E-state index in [0.29, 0.717) is 24.5 Å². The summed E-state index contributed by atoms with van der Waals surface area (Å²) in [5, 5.41) is 0.00736. The molecule has 8 heteroatoms. The molecule has 3 heterocycles. The van der Waals surface area contributed by atoms with E-state index in [0.717, 1.165) is 36.9 Å². The third-order valence-electron chi connectivity index (χ3n) is 5.60. The monoisotopic (exact) mass is 374 g/mol. The van der Waals surface area contributed by atoms with Crippen molar-refractivity contribution in [2.24, 2.45) is 0 Å². The van der Waals surface area contributed by atoms with Crippen LogP contribution in [0.15, 0.2) is 21.9 Å². The maximum atomic E-state index is 12.7. The topological polar surface area (TPSA) is 98.9 Å². The van der Waals surface area contributed by atoms with Crippen LogP contribution in [0.3, 0.4) is 0 Å². The molecular weight excluding hydrogens is 356 g/mol. The summed E-state index contributed by atoms with van der Waals surface area (Å²) in [6.07, 6.45) is 4.59. The number of pyridine rings is 1. The summed E-state index contributed by atoms with van der Waals surface area (Å²) in [6.45, 7) is 2.97. The van der Waals surface area contributed by atoms with Crippen molar-refractivity contribution < 1.29 is 4.79 Å². The van der Waals surface area contributed by atoms with Gasteiger partial charge in [-0.2, -0.15) is 0 Å². The van der Waals surface area contributed by atoms with Gasteiger partial charge in [-0.15, -0.1) is 0 Å². The molecule has 1 aliphatic heterocycles. The third kappa shape index (κ3) is 2.67. The first kappa shape index (κ1) is 17.0. The summed E-state index contributed by atoms with van der Waals surface area (Å²) in [6, 6.07) is 1.41. The molecule has 136 valence electrons. The van der Waals surface area contributed by atoms with E-state index in [-0.39, 0.29) is 21.9 Å². The zero-order valence-corrected chi connectivity index (χ0v) is 15.2. The molecule has 1 saturated heterocycles. The molecule has 1 amide bonds. The first-order valence-electron chi connectivity index (χ1n) is 8.67. The van der Waals surface area contributed by atoms with Gasteiger partial charge in [-0.3, -0.25) is 14.4 Å². The molecule has 0 saturated carbocycles. The average Bonchev–Trinajstić information content (AvgIpc) is 2.96. The molecule has 0 bridgehead atoms. The maximum absolute atomic E-state index is 12.7. The predicted octanol–water partition coefficient (Wildman–Crippen LogP) is 1.54. The van der Waals surface area contributed by atoms with Gasteiger partial charge < -0.3 is 14.9 Å². The van der Waals surface area contributed by atoms with Crippen molar-refractivity contribution in [1.29, 1.82) is 0 Å². The van der Waals surface area contributed by atoms with Crippen LogP contribution in [0.1, 0.15) is 46.7 Å². The van der Waals surface area contributed by atoms with Crippen molar-refractivity contribution >= 4 is 17.5 Å². The number of amides is 1. The highest BCUT2D eigenvalue weighted by molar-refractivity contribution is 6.30. The zero-order chi connectivity index (χ0) is 18.5. The lowest BCUT2D eigenvalue weighted by molar-refractivity contribution is 0.0663. The molecule has 1 spiro atoms. The number of aromatic nitrogens is 3. The van der Waals surface area contributed by atoms with Crippen LogP contribution in [0.5, 0.6) is 0 Å². The number of fused-ring (bicyclic) bond motifs is 2. The lowest BCUT2D eigenvalue weighted by atomic mass is 9.76. The standard InChI is InChI=1S/C18H19ClN4O3/c1-10-21-14-12(15(24)22-10)2-3-18(14)4-6-23(7-5-18)17(26)11-8-13(19)16(25)20-9-11/h8-9H,2-7H2,1H3,(H,20,25)(H,21,22,24). The van der Waals surface area contributed by atoms with Crippen LogP contribution in [0.4, 0.5) is 0 Å². The lowest BCUT2D eigenvalue weighted by Crippen LogP contribution is -2.45. The molecule has 0 radical (unpaired) electrons. The van der Waals surface area contributed by atoms with Crippen LogP contribution in [0.25, 0.3) is 0 Å². The second kappa shape index (κ2) is 6.09. The maximum Gasteiger partial charge on any atom is 0.266 e. The molecular formula is C18H19ClN4O3. The second-order valence-corrected chi connectivity index (χ2v) is 7.52. The number of carbonyl (C=O) groups excluding carboxylic acids is 1. The Bertz CT molecular complexity index is 1000. The average molecular weight is 375 g/mol. The number of piperidine rings is 1. The van der Waals surface area contributed by atoms with E-state index < -0.39 is 5.56 Å². The quantitative estimate of drug-likeness (QED) is 0.790. The number of hydrogen-bond acceptors (Lipinski definition) is 4. The number of nitrogens with zero attached hydrogens (tertiary/aromatic N) is 2. The molecule has 0 atom stereocenters. The number of nitrogens with one attached hydrogen (secondary N) is 2. The molecule has 26 heavy (non-hydrogen) atoms. The molecule has 4 rings (SSSR count). The molecule has 1 fully saturated rings. The van der Waals surface area contributed by atoms with Gasteiger partial charge in [0.2, 0.25) is 0 Å². The number of hydrogen-bond donors (Lipinski definition) is 2. The van der Waals surface area contributed by atoms with Gasteiger partial charge in [0.05, 0.1) is 11.3 Å². The highest BCUT2D eigenvalue weighted by Gasteiger charge is 2.44. The fourth-order valence-corrected chi connectivity index (χ4v) is 4.32. The fraction of sp³-hybridized carbons (Fsp3) is 0.444. The first-order valence-corrected chi connectivity index (χ1v) is 9.05. The third-order valence-corrected chi connectivity index (χ3v) is 5.88. The summed E-state index contributed by atoms with van der Waals surface area (Å²) in [5.74, 6) is 0.489. The summed E-state index contributed by atoms with van der Waals surface area (Å²) in [5.41, 5.74) is 1.53. The Morgan fingerprint density at radius 2 is 1.96 bits per heavy atom. The van der Waals surface area contributed by atoms with E-state index in [4.69, 9.17) is 11.6 Å². The largest absolute Gasteiger partial charge is 0.339 e. The normalized spacial score (nSPS) is 18.2. The molecule has 0 unspecified atom stereocenters. The number of aromatic amines is 2. The van der Waals surface area contributed by atoms with Crippen molar-refractivity contribution in [2.45, 2.75) is 38.0 Å². The number of likely N-dealkylation sites (tertiary alicyclic amines) is 1. The van der Waals surface area contributed by atoms with E-state index in [2.05, 4.69) is 15.0 Å². The van der Waals surface area contributed by atoms with Crippen molar-refractivity contribution in [3.8, 4) is 0 Å². The molecule has 2 aliphatic rings. The Morgan fingerprint density at radius 1 is 1.23 bits per heavy atom. The van der Waals surface area contributed by atoms with Gasteiger partial charge in [-0.05, 0) is 38.7 Å². The smallest absolute Gasteiger partial charge is 0.266 e. The summed E-state index contributed by atoms with van der Waals surface area (Å²) < 4.78 is 0. The summed E-state index contributed by atoms with van der Waals surface area (Å²) in [7, 11) is 0. The molecule has 0 aromatic carbocycles. The van der Waals surface area contributed by atoms with Gasteiger partial charge in [0.25, 0.3) is 17.0 Å². The van der Waals surface area contributed by atoms with E-state index in [1.165, 1.54) is 12.3 Å². The van der Waals surface area contributed by atoms with Crippen LogP contribution >= 0.6 is 11.6 Å². The molecule has 2 aromatic heterocycles. The Kier molecular flexibility index (Phi) is 3.99. The second-order valence-electron chi connectivity index (χ2n) is 7.12. The lowest BCUT2D eigenvalue weighted by Gasteiger charge is -2.39. The SMILES string of the molecule is Cc1nc2c(c(=O)[nH]1)CCC21CCN(C(=O)c2c[nH]c(=O)c(Cl)c2)CC1. The first-order chi connectivity index (χ1) is 12.4. The minimum absolute atomic E-state index is 0.00736. The van der Waals surface area contributed by atoms with Crippen LogP contribution in [-0.4, -0.2) is 38.8 Å². The minimum Gasteiger partial charge on any atom is -0.339 e. The van der Waals surface area contributed by atoms with Crippen molar-refractivity contribution in [1.82, 2.24) is 19.9 Å². The summed E-state index contributed by atoms with van der Waals surface area (Å²) in [4.78, 5) is 47.9. The Balaban J connectivity index is 1.55.